The first-order valence-corrected chi connectivity index (χ1v) is 14.1. The number of aryl methyl sites for hydroxylation is 1. The summed E-state index contributed by atoms with van der Waals surface area (Å²) in [6.07, 6.45) is 4.08. The van der Waals surface area contributed by atoms with E-state index in [2.05, 4.69) is 11.0 Å². The minimum absolute atomic E-state index is 0.233. The van der Waals surface area contributed by atoms with Gasteiger partial charge in [-0.05, 0) is 50.3 Å². The maximum absolute atomic E-state index is 14.3. The number of alkyl halides is 2. The summed E-state index contributed by atoms with van der Waals surface area (Å²) in [5.74, 6) is 0.620. The largest absolute Gasteiger partial charge is 0.461 e. The van der Waals surface area contributed by atoms with Gasteiger partial charge in [0.1, 0.15) is 36.4 Å². The van der Waals surface area contributed by atoms with Gasteiger partial charge in [-0.2, -0.15) is 15.2 Å². The molecule has 5 atom stereocenters. The molecule has 4 heterocycles. The highest BCUT2D eigenvalue weighted by atomic mass is 19.1. The molecule has 0 amide bonds. The second kappa shape index (κ2) is 9.00. The summed E-state index contributed by atoms with van der Waals surface area (Å²) in [7, 11) is 1.85. The van der Waals surface area contributed by atoms with Gasteiger partial charge in [-0.15, -0.1) is 0 Å². The van der Waals surface area contributed by atoms with Crippen molar-refractivity contribution in [3.8, 4) is 12.1 Å². The van der Waals surface area contributed by atoms with Crippen LogP contribution >= 0.6 is 0 Å². The van der Waals surface area contributed by atoms with Gasteiger partial charge in [0.2, 0.25) is 0 Å². The second-order valence-corrected chi connectivity index (χ2v) is 12.0. The van der Waals surface area contributed by atoms with Crippen molar-refractivity contribution in [2.45, 2.75) is 87.5 Å². The maximum atomic E-state index is 14.3. The van der Waals surface area contributed by atoms with Crippen molar-refractivity contribution < 1.29 is 18.3 Å². The Morgan fingerprint density at radius 2 is 2.13 bits per heavy atom. The van der Waals surface area contributed by atoms with Crippen LogP contribution in [0.3, 0.4) is 0 Å². The topological polar surface area (TPSA) is 101 Å². The van der Waals surface area contributed by atoms with Crippen LogP contribution in [-0.4, -0.2) is 65.5 Å². The third-order valence-electron chi connectivity index (χ3n) is 9.66. The summed E-state index contributed by atoms with van der Waals surface area (Å²) in [6.45, 7) is 1.90. The van der Waals surface area contributed by atoms with E-state index in [0.29, 0.717) is 49.5 Å². The molecule has 2 aromatic rings. The molecule has 0 radical (unpaired) electrons. The Morgan fingerprint density at radius 1 is 1.28 bits per heavy atom. The Bertz CT molecular complexity index is 1370. The molecule has 5 unspecified atom stereocenters. The zero-order valence-electron chi connectivity index (χ0n) is 22.3. The molecule has 2 N–H and O–H groups in total. The van der Waals surface area contributed by atoms with E-state index in [-0.39, 0.29) is 24.2 Å². The summed E-state index contributed by atoms with van der Waals surface area (Å²) in [6, 6.07) is 6.11. The van der Waals surface area contributed by atoms with E-state index in [9.17, 15) is 14.0 Å². The van der Waals surface area contributed by atoms with Crippen LogP contribution in [0.5, 0.6) is 6.01 Å². The molecular weight excluding hydrogens is 502 g/mol. The van der Waals surface area contributed by atoms with Gasteiger partial charge in [0.05, 0.1) is 29.4 Å². The Morgan fingerprint density at radius 3 is 2.92 bits per heavy atom. The number of hydrogen-bond donors (Lipinski definition) is 1. The van der Waals surface area contributed by atoms with E-state index in [1.165, 1.54) is 0 Å². The molecule has 39 heavy (non-hydrogen) atoms. The molecule has 1 aromatic heterocycles. The Kier molecular flexibility index (Phi) is 5.76. The zero-order chi connectivity index (χ0) is 26.9. The number of nitrogen functional groups attached to an aromatic ring is 1. The number of aromatic nitrogens is 2. The lowest BCUT2D eigenvalue weighted by atomic mass is 9.72. The molecule has 0 bridgehead atoms. The highest BCUT2D eigenvalue weighted by molar-refractivity contribution is 5.63. The second-order valence-electron chi connectivity index (χ2n) is 12.0. The fourth-order valence-electron chi connectivity index (χ4n) is 7.56. The maximum Gasteiger partial charge on any atom is 0.318 e. The smallest absolute Gasteiger partial charge is 0.318 e. The monoisotopic (exact) mass is 536 g/mol. The lowest BCUT2D eigenvalue weighted by molar-refractivity contribution is -0.0857. The first-order valence-electron chi connectivity index (χ1n) is 14.1. The molecule has 7 rings (SSSR count). The SMILES string of the molecule is CN(c1nc(OCC23CCCN2CC(F)C3)nc2c1COC1(CCCc3ccc(N)c(C#N)c31)C2)C1CC1F. The van der Waals surface area contributed by atoms with Crippen molar-refractivity contribution in [3.05, 3.63) is 40.1 Å². The number of nitrogens with zero attached hydrogens (tertiary/aromatic N) is 5. The van der Waals surface area contributed by atoms with Gasteiger partial charge in [-0.1, -0.05) is 6.07 Å². The van der Waals surface area contributed by atoms with Crippen LogP contribution < -0.4 is 15.4 Å². The molecule has 8 nitrogen and oxygen atoms in total. The van der Waals surface area contributed by atoms with Crippen LogP contribution in [0.2, 0.25) is 0 Å². The molecule has 1 spiro atoms. The van der Waals surface area contributed by atoms with Crippen molar-refractivity contribution in [3.63, 3.8) is 0 Å². The van der Waals surface area contributed by atoms with Crippen LogP contribution in [0.25, 0.3) is 0 Å². The number of halogens is 2. The Hall–Kier alpha value is -3.03. The van der Waals surface area contributed by atoms with Crippen molar-refractivity contribution in [1.29, 1.82) is 5.26 Å². The molecule has 2 saturated heterocycles. The van der Waals surface area contributed by atoms with Gasteiger partial charge in [0, 0.05) is 49.7 Å². The Balaban J connectivity index is 1.26. The van der Waals surface area contributed by atoms with Crippen molar-refractivity contribution in [2.24, 2.45) is 0 Å². The van der Waals surface area contributed by atoms with E-state index < -0.39 is 17.9 Å². The molecule has 2 aliphatic carbocycles. The predicted molar refractivity (Wildman–Crippen MR) is 141 cm³/mol. The van der Waals surface area contributed by atoms with Crippen molar-refractivity contribution >= 4 is 11.5 Å². The number of hydrogen-bond acceptors (Lipinski definition) is 8. The summed E-state index contributed by atoms with van der Waals surface area (Å²) in [5.41, 5.74) is 9.68. The van der Waals surface area contributed by atoms with E-state index in [0.717, 1.165) is 61.0 Å². The quantitative estimate of drug-likeness (QED) is 0.577. The van der Waals surface area contributed by atoms with Gasteiger partial charge in [0.25, 0.3) is 0 Å². The summed E-state index contributed by atoms with van der Waals surface area (Å²) >= 11 is 0. The summed E-state index contributed by atoms with van der Waals surface area (Å²) < 4.78 is 41.4. The molecule has 3 aliphatic heterocycles. The zero-order valence-corrected chi connectivity index (χ0v) is 22.3. The average Bonchev–Trinajstić information content (AvgIpc) is 3.40. The first-order chi connectivity index (χ1) is 18.8. The molecule has 10 heteroatoms. The fourth-order valence-corrected chi connectivity index (χ4v) is 7.56. The van der Waals surface area contributed by atoms with Crippen LogP contribution in [-0.2, 0) is 29.8 Å². The Labute approximate surface area is 227 Å². The number of nitriles is 1. The van der Waals surface area contributed by atoms with Gasteiger partial charge in [-0.25, -0.2) is 8.78 Å². The lowest BCUT2D eigenvalue weighted by Crippen LogP contribution is -2.44. The van der Waals surface area contributed by atoms with Crippen molar-refractivity contribution in [1.82, 2.24) is 14.9 Å². The highest BCUT2D eigenvalue weighted by Gasteiger charge is 2.50. The lowest BCUT2D eigenvalue weighted by Gasteiger charge is -2.43. The first kappa shape index (κ1) is 25.0. The molecular formula is C29H34F2N6O2. The van der Waals surface area contributed by atoms with E-state index in [4.69, 9.17) is 25.2 Å². The van der Waals surface area contributed by atoms with E-state index >= 15 is 0 Å². The van der Waals surface area contributed by atoms with Crippen LogP contribution in [0.15, 0.2) is 12.1 Å². The fraction of sp³-hybridized carbons (Fsp3) is 0.621. The molecule has 1 aromatic carbocycles. The minimum Gasteiger partial charge on any atom is -0.461 e. The number of benzene rings is 1. The van der Waals surface area contributed by atoms with Gasteiger partial charge >= 0.3 is 6.01 Å². The number of nitrogens with two attached hydrogens (primary N) is 1. The summed E-state index contributed by atoms with van der Waals surface area (Å²) in [4.78, 5) is 13.7. The van der Waals surface area contributed by atoms with E-state index in [1.807, 2.05) is 18.0 Å². The molecule has 3 fully saturated rings. The third-order valence-corrected chi connectivity index (χ3v) is 9.66. The third kappa shape index (κ3) is 3.96. The molecule has 5 aliphatic rings. The highest BCUT2D eigenvalue weighted by Crippen LogP contribution is 2.49. The average molecular weight is 537 g/mol. The number of fused-ring (bicyclic) bond motifs is 4. The van der Waals surface area contributed by atoms with Gasteiger partial charge < -0.3 is 20.1 Å². The van der Waals surface area contributed by atoms with E-state index in [1.54, 1.807) is 6.07 Å². The number of rotatable bonds is 5. The number of ether oxygens (including phenoxy) is 2. The number of anilines is 2. The van der Waals surface area contributed by atoms with Crippen LogP contribution in [0.4, 0.5) is 20.3 Å². The molecule has 206 valence electrons. The minimum atomic E-state index is -0.891. The predicted octanol–water partition coefficient (Wildman–Crippen LogP) is 3.74. The summed E-state index contributed by atoms with van der Waals surface area (Å²) in [5, 5.41) is 10.0. The van der Waals surface area contributed by atoms with Gasteiger partial charge in [0.15, 0.2) is 0 Å². The van der Waals surface area contributed by atoms with Crippen LogP contribution in [0.1, 0.15) is 66.5 Å². The van der Waals surface area contributed by atoms with Crippen molar-refractivity contribution in [2.75, 3.05) is 37.4 Å². The normalized spacial score (nSPS) is 32.8. The van der Waals surface area contributed by atoms with Gasteiger partial charge in [-0.3, -0.25) is 4.90 Å². The molecule has 1 saturated carbocycles. The van der Waals surface area contributed by atoms with Crippen LogP contribution in [0, 0.1) is 11.3 Å². The standard InChI is InChI=1S/C29H34F2N6O2/c1-36(24-10-21(24)31)26-20-15-39-29(8-2-4-17-5-6-22(33)19(13-32)25(17)29)12-23(20)34-27(35-26)38-16-28-7-3-9-37(28)14-18(30)11-28/h5-6,18,21,24H,2-4,7-12,14-16,33H2,1H3.